The molecule has 0 heterocycles. The third-order valence-corrected chi connectivity index (χ3v) is 5.83. The Kier molecular flexibility index (Phi) is 3.98. The number of benzene rings is 1. The second kappa shape index (κ2) is 5.62. The van der Waals surface area contributed by atoms with E-state index >= 15 is 0 Å². The van der Waals surface area contributed by atoms with Gasteiger partial charge in [0.15, 0.2) is 0 Å². The van der Waals surface area contributed by atoms with Crippen LogP contribution in [0.2, 0.25) is 0 Å². The Hall–Kier alpha value is -1.06. The number of methoxy groups -OCH3 is 1. The highest BCUT2D eigenvalue weighted by Crippen LogP contribution is 2.48. The fraction of sp³-hybridized carbons (Fsp3) is 0.667. The number of rotatable bonds is 2. The molecule has 1 aromatic carbocycles. The Labute approximate surface area is 127 Å². The second-order valence-corrected chi connectivity index (χ2v) is 7.06. The molecule has 0 aromatic heterocycles. The lowest BCUT2D eigenvalue weighted by Crippen LogP contribution is -2.54. The quantitative estimate of drug-likeness (QED) is 0.815. The number of hydroxylamine groups is 1. The van der Waals surface area contributed by atoms with Crippen molar-refractivity contribution in [3.63, 3.8) is 0 Å². The molecule has 2 aliphatic rings. The molecule has 3 unspecified atom stereocenters. The monoisotopic (exact) mass is 289 g/mol. The van der Waals surface area contributed by atoms with Gasteiger partial charge in [-0.15, -0.1) is 0 Å². The van der Waals surface area contributed by atoms with E-state index in [9.17, 15) is 5.21 Å². The lowest BCUT2D eigenvalue weighted by molar-refractivity contribution is 0.0351. The normalized spacial score (nSPS) is 32.0. The van der Waals surface area contributed by atoms with Crippen LogP contribution in [0.25, 0.3) is 0 Å². The predicted octanol–water partition coefficient (Wildman–Crippen LogP) is 3.75. The highest BCUT2D eigenvalue weighted by molar-refractivity contribution is 5.48. The van der Waals surface area contributed by atoms with Crippen molar-refractivity contribution in [3.8, 4) is 5.75 Å². The molecular weight excluding hydrogens is 262 g/mol. The number of hydrogen-bond donors (Lipinski definition) is 2. The van der Waals surface area contributed by atoms with Gasteiger partial charge in [0.2, 0.25) is 0 Å². The van der Waals surface area contributed by atoms with E-state index < -0.39 is 0 Å². The molecule has 0 aliphatic heterocycles. The molecule has 2 aliphatic carbocycles. The summed E-state index contributed by atoms with van der Waals surface area (Å²) < 4.78 is 5.49. The first-order valence-corrected chi connectivity index (χ1v) is 8.17. The van der Waals surface area contributed by atoms with Crippen LogP contribution in [0.1, 0.15) is 55.7 Å². The van der Waals surface area contributed by atoms with Crippen LogP contribution < -0.4 is 10.2 Å². The molecule has 2 bridgehead atoms. The average molecular weight is 289 g/mol. The van der Waals surface area contributed by atoms with Crippen LogP contribution in [0.5, 0.6) is 5.75 Å². The van der Waals surface area contributed by atoms with E-state index in [4.69, 9.17) is 4.74 Å². The highest BCUT2D eigenvalue weighted by atomic mass is 16.5. The summed E-state index contributed by atoms with van der Waals surface area (Å²) >= 11 is 0. The minimum atomic E-state index is -0.00722. The van der Waals surface area contributed by atoms with Crippen LogP contribution in [0.4, 0.5) is 0 Å². The van der Waals surface area contributed by atoms with Gasteiger partial charge in [-0.1, -0.05) is 26.2 Å². The molecule has 0 saturated heterocycles. The van der Waals surface area contributed by atoms with Gasteiger partial charge in [-0.3, -0.25) is 0 Å². The van der Waals surface area contributed by atoms with Gasteiger partial charge in [-0.25, -0.2) is 5.48 Å². The standard InChI is InChI=1S/C18H27NO2/c1-12-9-14(21-3)11-16-15(12)10-13-7-5-4-6-8-18(16,2)17(13)19-20/h9,11,13,17,19-20H,4-8,10H2,1-3H3. The van der Waals surface area contributed by atoms with Crippen molar-refractivity contribution in [2.45, 2.75) is 63.8 Å². The van der Waals surface area contributed by atoms with E-state index in [1.54, 1.807) is 7.11 Å². The minimum absolute atomic E-state index is 0.00722. The molecule has 2 N–H and O–H groups in total. The van der Waals surface area contributed by atoms with Gasteiger partial charge in [-0.05, 0) is 60.9 Å². The van der Waals surface area contributed by atoms with Gasteiger partial charge in [0.05, 0.1) is 7.11 Å². The van der Waals surface area contributed by atoms with Crippen molar-refractivity contribution in [1.82, 2.24) is 5.48 Å². The first kappa shape index (κ1) is 14.9. The van der Waals surface area contributed by atoms with Crippen LogP contribution in [-0.4, -0.2) is 18.4 Å². The number of fused-ring (bicyclic) bond motifs is 4. The fourth-order valence-electron chi connectivity index (χ4n) is 4.63. The van der Waals surface area contributed by atoms with Crippen molar-refractivity contribution >= 4 is 0 Å². The molecule has 116 valence electrons. The van der Waals surface area contributed by atoms with Crippen molar-refractivity contribution in [2.75, 3.05) is 7.11 Å². The molecule has 3 rings (SSSR count). The van der Waals surface area contributed by atoms with E-state index in [1.807, 2.05) is 0 Å². The summed E-state index contributed by atoms with van der Waals surface area (Å²) in [6.45, 7) is 4.51. The molecule has 0 spiro atoms. The highest BCUT2D eigenvalue weighted by Gasteiger charge is 2.46. The number of ether oxygens (including phenoxy) is 1. The van der Waals surface area contributed by atoms with E-state index in [2.05, 4.69) is 31.5 Å². The largest absolute Gasteiger partial charge is 0.497 e. The zero-order valence-electron chi connectivity index (χ0n) is 13.4. The molecule has 3 nitrogen and oxygen atoms in total. The summed E-state index contributed by atoms with van der Waals surface area (Å²) in [6.07, 6.45) is 7.22. The smallest absolute Gasteiger partial charge is 0.119 e. The summed E-state index contributed by atoms with van der Waals surface area (Å²) in [5.74, 6) is 1.46. The predicted molar refractivity (Wildman–Crippen MR) is 84.1 cm³/mol. The number of hydrogen-bond acceptors (Lipinski definition) is 3. The molecule has 3 heteroatoms. The molecular formula is C18H27NO2. The SMILES string of the molecule is COc1cc(C)c2c(c1)C1(C)CCCCCC(C2)C1NO. The maximum absolute atomic E-state index is 9.82. The second-order valence-electron chi connectivity index (χ2n) is 7.06. The molecule has 3 atom stereocenters. The first-order valence-electron chi connectivity index (χ1n) is 8.17. The lowest BCUT2D eigenvalue weighted by Gasteiger charge is -2.48. The Balaban J connectivity index is 2.16. The third kappa shape index (κ3) is 2.36. The maximum atomic E-state index is 9.82. The summed E-state index contributed by atoms with van der Waals surface area (Å²) in [5, 5.41) is 9.82. The van der Waals surface area contributed by atoms with E-state index in [0.717, 1.165) is 18.6 Å². The van der Waals surface area contributed by atoms with E-state index in [-0.39, 0.29) is 11.5 Å². The Morgan fingerprint density at radius 3 is 2.81 bits per heavy atom. The van der Waals surface area contributed by atoms with Gasteiger partial charge in [0, 0.05) is 11.5 Å². The Bertz CT molecular complexity index is 528. The molecule has 0 amide bonds. The molecule has 1 saturated carbocycles. The van der Waals surface area contributed by atoms with E-state index in [0.29, 0.717) is 5.92 Å². The van der Waals surface area contributed by atoms with Gasteiger partial charge in [0.1, 0.15) is 5.75 Å². The zero-order chi connectivity index (χ0) is 15.0. The van der Waals surface area contributed by atoms with Crippen LogP contribution >= 0.6 is 0 Å². The van der Waals surface area contributed by atoms with Crippen LogP contribution in [-0.2, 0) is 11.8 Å². The van der Waals surface area contributed by atoms with Gasteiger partial charge < -0.3 is 9.94 Å². The zero-order valence-corrected chi connectivity index (χ0v) is 13.4. The van der Waals surface area contributed by atoms with Gasteiger partial charge in [-0.2, -0.15) is 0 Å². The summed E-state index contributed by atoms with van der Waals surface area (Å²) in [7, 11) is 1.73. The van der Waals surface area contributed by atoms with Crippen molar-refractivity contribution in [3.05, 3.63) is 28.8 Å². The van der Waals surface area contributed by atoms with Crippen LogP contribution in [0.15, 0.2) is 12.1 Å². The number of aryl methyl sites for hydroxylation is 1. The van der Waals surface area contributed by atoms with Crippen LogP contribution in [0, 0.1) is 12.8 Å². The van der Waals surface area contributed by atoms with Crippen molar-refractivity contribution in [1.29, 1.82) is 0 Å². The first-order chi connectivity index (χ1) is 10.1. The molecule has 0 radical (unpaired) electrons. The van der Waals surface area contributed by atoms with Crippen LogP contribution in [0.3, 0.4) is 0 Å². The van der Waals surface area contributed by atoms with Gasteiger partial charge in [0.25, 0.3) is 0 Å². The minimum Gasteiger partial charge on any atom is -0.497 e. The Morgan fingerprint density at radius 1 is 1.29 bits per heavy atom. The fourth-order valence-corrected chi connectivity index (χ4v) is 4.63. The molecule has 1 aromatic rings. The summed E-state index contributed by atoms with van der Waals surface area (Å²) in [6, 6.07) is 4.50. The van der Waals surface area contributed by atoms with Crippen molar-refractivity contribution < 1.29 is 9.94 Å². The average Bonchev–Trinajstić information content (AvgIpc) is 2.46. The van der Waals surface area contributed by atoms with E-state index in [1.165, 1.54) is 42.4 Å². The summed E-state index contributed by atoms with van der Waals surface area (Å²) in [4.78, 5) is 0. The summed E-state index contributed by atoms with van der Waals surface area (Å²) in [5.41, 5.74) is 6.86. The number of nitrogens with one attached hydrogen (secondary N) is 1. The third-order valence-electron chi connectivity index (χ3n) is 5.83. The van der Waals surface area contributed by atoms with Gasteiger partial charge >= 0.3 is 0 Å². The van der Waals surface area contributed by atoms with Crippen molar-refractivity contribution in [2.24, 2.45) is 5.92 Å². The maximum Gasteiger partial charge on any atom is 0.119 e. The Morgan fingerprint density at radius 2 is 2.10 bits per heavy atom. The lowest BCUT2D eigenvalue weighted by atomic mass is 9.59. The molecule has 21 heavy (non-hydrogen) atoms. The topological polar surface area (TPSA) is 41.5 Å². The molecule has 1 fully saturated rings.